The van der Waals surface area contributed by atoms with Gasteiger partial charge in [-0.15, -0.1) is 0 Å². The molecule has 1 heterocycles. The number of carbonyl (C=O) groups is 1. The van der Waals surface area contributed by atoms with E-state index in [1.54, 1.807) is 0 Å². The Morgan fingerprint density at radius 2 is 2.05 bits per heavy atom. The van der Waals surface area contributed by atoms with Crippen LogP contribution in [0.5, 0.6) is 0 Å². The third kappa shape index (κ3) is 4.65. The standard InChI is InChI=1S/C15H22N2O2/c1-12-3-5-14(6-4-12)7-8-16-11-17-9-15(10-17)19-13(2)18/h3-6,15-16H,7-11H2,1-2H3. The number of hydrogen-bond donors (Lipinski definition) is 1. The average Bonchev–Trinajstić information content (AvgIpc) is 2.32. The summed E-state index contributed by atoms with van der Waals surface area (Å²) in [6, 6.07) is 8.65. The first-order chi connectivity index (χ1) is 9.13. The van der Waals surface area contributed by atoms with Crippen LogP contribution >= 0.6 is 0 Å². The Morgan fingerprint density at radius 1 is 1.37 bits per heavy atom. The Bertz CT molecular complexity index is 411. The van der Waals surface area contributed by atoms with E-state index in [1.165, 1.54) is 18.1 Å². The van der Waals surface area contributed by atoms with Crippen LogP contribution in [0.3, 0.4) is 0 Å². The van der Waals surface area contributed by atoms with Crippen LogP contribution in [0.2, 0.25) is 0 Å². The topological polar surface area (TPSA) is 41.6 Å². The Morgan fingerprint density at radius 3 is 2.68 bits per heavy atom. The lowest BCUT2D eigenvalue weighted by atomic mass is 10.1. The maximum Gasteiger partial charge on any atom is 0.302 e. The molecular formula is C15H22N2O2. The van der Waals surface area contributed by atoms with Crippen LogP contribution in [0, 0.1) is 6.92 Å². The van der Waals surface area contributed by atoms with Crippen molar-refractivity contribution >= 4 is 5.97 Å². The zero-order valence-electron chi connectivity index (χ0n) is 11.7. The van der Waals surface area contributed by atoms with Crippen molar-refractivity contribution in [3.63, 3.8) is 0 Å². The number of rotatable bonds is 6. The van der Waals surface area contributed by atoms with Gasteiger partial charge < -0.3 is 10.1 Å². The minimum Gasteiger partial charge on any atom is -0.460 e. The zero-order valence-corrected chi connectivity index (χ0v) is 11.7. The van der Waals surface area contributed by atoms with Gasteiger partial charge in [0.2, 0.25) is 0 Å². The van der Waals surface area contributed by atoms with E-state index in [2.05, 4.69) is 41.4 Å². The largest absolute Gasteiger partial charge is 0.460 e. The van der Waals surface area contributed by atoms with Crippen LogP contribution in [0.1, 0.15) is 18.1 Å². The number of nitrogens with one attached hydrogen (secondary N) is 1. The van der Waals surface area contributed by atoms with E-state index in [4.69, 9.17) is 4.74 Å². The lowest BCUT2D eigenvalue weighted by Crippen LogP contribution is -2.55. The Kier molecular flexibility index (Phi) is 4.93. The van der Waals surface area contributed by atoms with Gasteiger partial charge in [0.1, 0.15) is 6.10 Å². The monoisotopic (exact) mass is 262 g/mol. The summed E-state index contributed by atoms with van der Waals surface area (Å²) in [6.45, 7) is 7.09. The summed E-state index contributed by atoms with van der Waals surface area (Å²) in [4.78, 5) is 13.0. The Labute approximate surface area is 114 Å². The van der Waals surface area contributed by atoms with Crippen molar-refractivity contribution in [1.82, 2.24) is 10.2 Å². The van der Waals surface area contributed by atoms with Gasteiger partial charge in [0.25, 0.3) is 0 Å². The number of likely N-dealkylation sites (tertiary alicyclic amines) is 1. The molecule has 1 aliphatic heterocycles. The average molecular weight is 262 g/mol. The molecule has 0 unspecified atom stereocenters. The number of ether oxygens (including phenoxy) is 1. The first-order valence-corrected chi connectivity index (χ1v) is 6.79. The zero-order chi connectivity index (χ0) is 13.7. The second kappa shape index (κ2) is 6.68. The molecule has 104 valence electrons. The third-order valence-corrected chi connectivity index (χ3v) is 3.30. The van der Waals surface area contributed by atoms with Crippen LogP contribution in [0.4, 0.5) is 0 Å². The fourth-order valence-electron chi connectivity index (χ4n) is 2.19. The van der Waals surface area contributed by atoms with Crippen molar-refractivity contribution in [3.8, 4) is 0 Å². The van der Waals surface area contributed by atoms with E-state index in [0.29, 0.717) is 0 Å². The van der Waals surface area contributed by atoms with E-state index in [9.17, 15) is 4.79 Å². The van der Waals surface area contributed by atoms with Gasteiger partial charge in [0, 0.05) is 33.2 Å². The number of nitrogens with zero attached hydrogens (tertiary/aromatic N) is 1. The fraction of sp³-hybridized carbons (Fsp3) is 0.533. The molecule has 1 saturated heterocycles. The van der Waals surface area contributed by atoms with Gasteiger partial charge in [0.05, 0.1) is 0 Å². The first kappa shape index (κ1) is 14.0. The van der Waals surface area contributed by atoms with Crippen molar-refractivity contribution in [3.05, 3.63) is 35.4 Å². The highest BCUT2D eigenvalue weighted by Gasteiger charge is 2.28. The summed E-state index contributed by atoms with van der Waals surface area (Å²) in [5.41, 5.74) is 2.66. The molecule has 1 fully saturated rings. The van der Waals surface area contributed by atoms with Gasteiger partial charge in [0.15, 0.2) is 0 Å². The summed E-state index contributed by atoms with van der Waals surface area (Å²) < 4.78 is 5.09. The molecule has 1 aromatic carbocycles. The minimum absolute atomic E-state index is 0.0939. The van der Waals surface area contributed by atoms with Crippen LogP contribution in [-0.2, 0) is 16.0 Å². The van der Waals surface area contributed by atoms with Gasteiger partial charge in [-0.2, -0.15) is 0 Å². The van der Waals surface area contributed by atoms with Crippen LogP contribution in [0.15, 0.2) is 24.3 Å². The van der Waals surface area contributed by atoms with E-state index in [0.717, 1.165) is 32.7 Å². The van der Waals surface area contributed by atoms with E-state index >= 15 is 0 Å². The van der Waals surface area contributed by atoms with Gasteiger partial charge >= 0.3 is 5.97 Å². The van der Waals surface area contributed by atoms with Crippen molar-refractivity contribution in [2.45, 2.75) is 26.4 Å². The van der Waals surface area contributed by atoms with Crippen molar-refractivity contribution in [2.24, 2.45) is 0 Å². The first-order valence-electron chi connectivity index (χ1n) is 6.79. The Hall–Kier alpha value is -1.39. The molecule has 0 saturated carbocycles. The minimum atomic E-state index is -0.183. The fourth-order valence-corrected chi connectivity index (χ4v) is 2.19. The molecule has 0 aliphatic carbocycles. The molecule has 0 spiro atoms. The highest BCUT2D eigenvalue weighted by molar-refractivity contribution is 5.66. The van der Waals surface area contributed by atoms with E-state index in [-0.39, 0.29) is 12.1 Å². The third-order valence-electron chi connectivity index (χ3n) is 3.30. The van der Waals surface area contributed by atoms with Crippen molar-refractivity contribution in [2.75, 3.05) is 26.3 Å². The molecule has 1 aliphatic rings. The van der Waals surface area contributed by atoms with Crippen LogP contribution < -0.4 is 5.32 Å². The number of carbonyl (C=O) groups excluding carboxylic acids is 1. The summed E-state index contributed by atoms with van der Waals surface area (Å²) in [7, 11) is 0. The predicted octanol–water partition coefficient (Wildman–Crippen LogP) is 1.33. The van der Waals surface area contributed by atoms with Crippen LogP contribution in [-0.4, -0.2) is 43.3 Å². The molecule has 0 amide bonds. The predicted molar refractivity (Wildman–Crippen MR) is 74.9 cm³/mol. The van der Waals surface area contributed by atoms with Gasteiger partial charge in [-0.1, -0.05) is 29.8 Å². The quantitative estimate of drug-likeness (QED) is 0.620. The molecule has 4 heteroatoms. The molecular weight excluding hydrogens is 240 g/mol. The second-order valence-corrected chi connectivity index (χ2v) is 5.16. The summed E-state index contributed by atoms with van der Waals surface area (Å²) in [5.74, 6) is -0.183. The summed E-state index contributed by atoms with van der Waals surface area (Å²) >= 11 is 0. The highest BCUT2D eigenvalue weighted by Crippen LogP contribution is 2.10. The van der Waals surface area contributed by atoms with Crippen LogP contribution in [0.25, 0.3) is 0 Å². The smallest absolute Gasteiger partial charge is 0.302 e. The molecule has 4 nitrogen and oxygen atoms in total. The summed E-state index contributed by atoms with van der Waals surface area (Å²) in [6.07, 6.45) is 1.14. The number of aryl methyl sites for hydroxylation is 1. The maximum absolute atomic E-state index is 10.7. The molecule has 2 rings (SSSR count). The number of benzene rings is 1. The maximum atomic E-state index is 10.7. The summed E-state index contributed by atoms with van der Waals surface area (Å²) in [5, 5.41) is 3.41. The normalized spacial score (nSPS) is 16.1. The molecule has 19 heavy (non-hydrogen) atoms. The second-order valence-electron chi connectivity index (χ2n) is 5.16. The molecule has 1 aromatic rings. The van der Waals surface area contributed by atoms with Gasteiger partial charge in [-0.25, -0.2) is 0 Å². The van der Waals surface area contributed by atoms with Gasteiger partial charge in [-0.3, -0.25) is 9.69 Å². The Balaban J connectivity index is 1.54. The van der Waals surface area contributed by atoms with E-state index in [1.807, 2.05) is 0 Å². The van der Waals surface area contributed by atoms with Crippen molar-refractivity contribution in [1.29, 1.82) is 0 Å². The molecule has 0 bridgehead atoms. The molecule has 0 aromatic heterocycles. The SMILES string of the molecule is CC(=O)OC1CN(CNCCc2ccc(C)cc2)C1. The highest BCUT2D eigenvalue weighted by atomic mass is 16.5. The van der Waals surface area contributed by atoms with Gasteiger partial charge in [-0.05, 0) is 18.9 Å². The molecule has 0 radical (unpaired) electrons. The molecule has 1 N–H and O–H groups in total. The lowest BCUT2D eigenvalue weighted by Gasteiger charge is -2.38. The van der Waals surface area contributed by atoms with Crippen molar-refractivity contribution < 1.29 is 9.53 Å². The molecule has 0 atom stereocenters. The number of hydrogen-bond acceptors (Lipinski definition) is 4. The lowest BCUT2D eigenvalue weighted by molar-refractivity contribution is -0.154. The number of esters is 1. The van der Waals surface area contributed by atoms with E-state index < -0.39 is 0 Å².